The number of likely N-dealkylation sites (N-methyl/N-ethyl adjacent to an activating group) is 1. The second-order valence-electron chi connectivity index (χ2n) is 6.83. The molecule has 1 atom stereocenters. The van der Waals surface area contributed by atoms with Crippen LogP contribution >= 0.6 is 0 Å². The van der Waals surface area contributed by atoms with E-state index in [0.29, 0.717) is 25.1 Å². The van der Waals surface area contributed by atoms with Gasteiger partial charge in [0.2, 0.25) is 5.91 Å². The fourth-order valence-electron chi connectivity index (χ4n) is 3.24. The van der Waals surface area contributed by atoms with Gasteiger partial charge in [0.1, 0.15) is 6.04 Å². The van der Waals surface area contributed by atoms with E-state index in [4.69, 9.17) is 0 Å². The maximum Gasteiger partial charge on any atom is 0.273 e. The van der Waals surface area contributed by atoms with Gasteiger partial charge in [-0.15, -0.1) is 0 Å². The minimum Gasteiger partial charge on any atom is -0.340 e. The van der Waals surface area contributed by atoms with Gasteiger partial charge < -0.3 is 15.1 Å². The highest BCUT2D eigenvalue weighted by Gasteiger charge is 2.28. The van der Waals surface area contributed by atoms with E-state index < -0.39 is 16.9 Å². The van der Waals surface area contributed by atoms with Crippen molar-refractivity contribution in [1.29, 1.82) is 0 Å². The molecule has 1 saturated heterocycles. The number of carbonyl (C=O) groups is 2. The van der Waals surface area contributed by atoms with Crippen LogP contribution in [-0.4, -0.2) is 65.3 Å². The van der Waals surface area contributed by atoms with Gasteiger partial charge in [0.15, 0.2) is 0 Å². The molecule has 0 saturated carbocycles. The van der Waals surface area contributed by atoms with Crippen LogP contribution in [0.3, 0.4) is 0 Å². The van der Waals surface area contributed by atoms with E-state index in [1.165, 1.54) is 6.07 Å². The van der Waals surface area contributed by atoms with Crippen LogP contribution in [0.15, 0.2) is 18.2 Å². The first kappa shape index (κ1) is 20.8. The maximum absolute atomic E-state index is 12.9. The molecule has 8 nitrogen and oxygen atoms in total. The summed E-state index contributed by atoms with van der Waals surface area (Å²) in [7, 11) is 0. The minimum absolute atomic E-state index is 0.0810. The van der Waals surface area contributed by atoms with E-state index in [0.717, 1.165) is 26.1 Å². The average molecular weight is 376 g/mol. The lowest BCUT2D eigenvalue weighted by molar-refractivity contribution is -0.385. The van der Waals surface area contributed by atoms with Gasteiger partial charge in [-0.25, -0.2) is 0 Å². The number of aryl methyl sites for hydroxylation is 1. The number of nitro benzene ring substituents is 1. The predicted octanol–water partition coefficient (Wildman–Crippen LogP) is 1.97. The molecule has 0 spiro atoms. The van der Waals surface area contributed by atoms with Crippen molar-refractivity contribution in [3.63, 3.8) is 0 Å². The van der Waals surface area contributed by atoms with Gasteiger partial charge >= 0.3 is 0 Å². The third kappa shape index (κ3) is 5.26. The number of nitro groups is 1. The van der Waals surface area contributed by atoms with Gasteiger partial charge in [-0.3, -0.25) is 19.7 Å². The first-order chi connectivity index (χ1) is 12.9. The van der Waals surface area contributed by atoms with Gasteiger partial charge in [0.25, 0.3) is 11.6 Å². The Labute approximate surface area is 159 Å². The third-order valence-corrected chi connectivity index (χ3v) is 4.98. The second-order valence-corrected chi connectivity index (χ2v) is 6.83. The molecule has 1 aromatic carbocycles. The molecule has 148 valence electrons. The Hall–Kier alpha value is -2.48. The Kier molecular flexibility index (Phi) is 7.29. The Morgan fingerprint density at radius 2 is 1.89 bits per heavy atom. The number of hydrogen-bond acceptors (Lipinski definition) is 5. The zero-order valence-electron chi connectivity index (χ0n) is 16.2. The molecule has 1 aliphatic heterocycles. The second kappa shape index (κ2) is 9.45. The lowest BCUT2D eigenvalue weighted by Gasteiger charge is -2.36. The molecule has 1 unspecified atom stereocenters. The zero-order chi connectivity index (χ0) is 20.0. The summed E-state index contributed by atoms with van der Waals surface area (Å²) in [5.74, 6) is -0.542. The molecular formula is C19H28N4O4. The van der Waals surface area contributed by atoms with Crippen LogP contribution in [0, 0.1) is 17.0 Å². The van der Waals surface area contributed by atoms with Crippen molar-refractivity contribution >= 4 is 17.5 Å². The van der Waals surface area contributed by atoms with Crippen molar-refractivity contribution in [2.75, 3.05) is 32.7 Å². The Morgan fingerprint density at radius 3 is 2.44 bits per heavy atom. The van der Waals surface area contributed by atoms with Crippen molar-refractivity contribution in [2.24, 2.45) is 0 Å². The molecule has 1 heterocycles. The number of rotatable bonds is 7. The van der Waals surface area contributed by atoms with Gasteiger partial charge in [0.05, 0.1) is 4.92 Å². The fraction of sp³-hybridized carbons (Fsp3) is 0.579. The van der Waals surface area contributed by atoms with Crippen LogP contribution in [-0.2, 0) is 4.79 Å². The number of piperazine rings is 1. The summed E-state index contributed by atoms with van der Waals surface area (Å²) < 4.78 is 0. The number of nitrogens with zero attached hydrogens (tertiary/aromatic N) is 3. The predicted molar refractivity (Wildman–Crippen MR) is 103 cm³/mol. The first-order valence-electron chi connectivity index (χ1n) is 9.44. The summed E-state index contributed by atoms with van der Waals surface area (Å²) in [6.07, 6.45) is 1.28. The topological polar surface area (TPSA) is 95.8 Å². The first-order valence-corrected chi connectivity index (χ1v) is 9.44. The molecule has 0 radical (unpaired) electrons. The molecule has 0 bridgehead atoms. The van der Waals surface area contributed by atoms with Crippen molar-refractivity contribution in [2.45, 2.75) is 39.7 Å². The van der Waals surface area contributed by atoms with E-state index in [1.807, 2.05) is 6.92 Å². The van der Waals surface area contributed by atoms with Crippen molar-refractivity contribution in [3.8, 4) is 0 Å². The summed E-state index contributed by atoms with van der Waals surface area (Å²) >= 11 is 0. The van der Waals surface area contributed by atoms with Crippen LogP contribution in [0.4, 0.5) is 5.69 Å². The molecule has 27 heavy (non-hydrogen) atoms. The van der Waals surface area contributed by atoms with Crippen LogP contribution in [0.25, 0.3) is 0 Å². The number of amides is 2. The van der Waals surface area contributed by atoms with Crippen molar-refractivity contribution in [1.82, 2.24) is 15.1 Å². The van der Waals surface area contributed by atoms with E-state index in [9.17, 15) is 19.7 Å². The summed E-state index contributed by atoms with van der Waals surface area (Å²) in [5.41, 5.74) is 0.584. The summed E-state index contributed by atoms with van der Waals surface area (Å²) in [6.45, 7) is 9.61. The van der Waals surface area contributed by atoms with E-state index in [1.54, 1.807) is 24.0 Å². The standard InChI is InChI=1S/C19H28N4O4/c1-4-6-16(19(25)22-11-9-21(5-2)10-12-22)20-18(24)15-8-7-14(3)17(13-15)23(26)27/h7-8,13,16H,4-6,9-12H2,1-3H3,(H,20,24). The summed E-state index contributed by atoms with van der Waals surface area (Å²) in [6, 6.07) is 3.74. The largest absolute Gasteiger partial charge is 0.340 e. The molecule has 0 aliphatic carbocycles. The number of hydrogen-bond donors (Lipinski definition) is 1. The quantitative estimate of drug-likeness (QED) is 0.580. The smallest absolute Gasteiger partial charge is 0.273 e. The van der Waals surface area contributed by atoms with Gasteiger partial charge in [0, 0.05) is 43.4 Å². The molecule has 1 aliphatic rings. The average Bonchev–Trinajstić information content (AvgIpc) is 2.67. The number of nitrogens with one attached hydrogen (secondary N) is 1. The Balaban J connectivity index is 2.09. The van der Waals surface area contributed by atoms with Crippen LogP contribution in [0.5, 0.6) is 0 Å². The Bertz CT molecular complexity index is 699. The van der Waals surface area contributed by atoms with Gasteiger partial charge in [-0.05, 0) is 26.0 Å². The lowest BCUT2D eigenvalue weighted by atomic mass is 10.1. The van der Waals surface area contributed by atoms with Gasteiger partial charge in [-0.2, -0.15) is 0 Å². The van der Waals surface area contributed by atoms with E-state index >= 15 is 0 Å². The van der Waals surface area contributed by atoms with E-state index in [-0.39, 0.29) is 17.2 Å². The molecule has 1 N–H and O–H groups in total. The molecular weight excluding hydrogens is 348 g/mol. The highest BCUT2D eigenvalue weighted by molar-refractivity contribution is 5.98. The summed E-state index contributed by atoms with van der Waals surface area (Å²) in [5, 5.41) is 13.9. The molecule has 8 heteroatoms. The normalized spacial score (nSPS) is 16.0. The lowest BCUT2D eigenvalue weighted by Crippen LogP contribution is -2.54. The maximum atomic E-state index is 12.9. The number of carbonyl (C=O) groups excluding carboxylic acids is 2. The monoisotopic (exact) mass is 376 g/mol. The molecule has 1 aromatic rings. The molecule has 0 aromatic heterocycles. The molecule has 2 amide bonds. The van der Waals surface area contributed by atoms with Crippen molar-refractivity contribution in [3.05, 3.63) is 39.4 Å². The van der Waals surface area contributed by atoms with Crippen LogP contribution in [0.2, 0.25) is 0 Å². The molecule has 2 rings (SSSR count). The highest BCUT2D eigenvalue weighted by atomic mass is 16.6. The van der Waals surface area contributed by atoms with E-state index in [2.05, 4.69) is 17.1 Å². The number of benzene rings is 1. The molecule has 1 fully saturated rings. The fourth-order valence-corrected chi connectivity index (χ4v) is 3.24. The van der Waals surface area contributed by atoms with Gasteiger partial charge in [-0.1, -0.05) is 26.3 Å². The minimum atomic E-state index is -0.615. The third-order valence-electron chi connectivity index (χ3n) is 4.98. The SMILES string of the molecule is CCCC(NC(=O)c1ccc(C)c([N+](=O)[O-])c1)C(=O)N1CCN(CC)CC1. The van der Waals surface area contributed by atoms with Crippen LogP contribution in [0.1, 0.15) is 42.6 Å². The summed E-state index contributed by atoms with van der Waals surface area (Å²) in [4.78, 5) is 40.1. The van der Waals surface area contributed by atoms with Crippen molar-refractivity contribution < 1.29 is 14.5 Å². The highest BCUT2D eigenvalue weighted by Crippen LogP contribution is 2.19. The van der Waals surface area contributed by atoms with Crippen LogP contribution < -0.4 is 5.32 Å². The Morgan fingerprint density at radius 1 is 1.22 bits per heavy atom. The zero-order valence-corrected chi connectivity index (χ0v) is 16.2.